The zero-order chi connectivity index (χ0) is 17.0. The molecule has 0 N–H and O–H groups in total. The first kappa shape index (κ1) is 17.8. The van der Waals surface area contributed by atoms with E-state index >= 15 is 0 Å². The smallest absolute Gasteiger partial charge is 0.243 e. The summed E-state index contributed by atoms with van der Waals surface area (Å²) in [6, 6.07) is 4.47. The summed E-state index contributed by atoms with van der Waals surface area (Å²) in [6.45, 7) is 1.13. The fourth-order valence-corrected chi connectivity index (χ4v) is 4.00. The molecule has 0 radical (unpaired) electrons. The lowest BCUT2D eigenvalue weighted by atomic mass is 10.3. The van der Waals surface area contributed by atoms with E-state index in [0.29, 0.717) is 24.6 Å². The van der Waals surface area contributed by atoms with Gasteiger partial charge < -0.3 is 14.4 Å². The Bertz CT molecular complexity index is 672. The Balaban J connectivity index is 2.18. The van der Waals surface area contributed by atoms with Crippen molar-refractivity contribution in [2.75, 3.05) is 46.3 Å². The van der Waals surface area contributed by atoms with Crippen LogP contribution in [0.3, 0.4) is 0 Å². The molecular formula is C14H19ClN2O5S. The monoisotopic (exact) mass is 362 g/mol. The molecule has 0 aliphatic carbocycles. The van der Waals surface area contributed by atoms with Crippen LogP contribution in [0.15, 0.2) is 23.1 Å². The van der Waals surface area contributed by atoms with Crippen molar-refractivity contribution in [2.24, 2.45) is 0 Å². The molecule has 0 spiro atoms. The van der Waals surface area contributed by atoms with Crippen molar-refractivity contribution in [1.29, 1.82) is 0 Å². The van der Waals surface area contributed by atoms with E-state index in [2.05, 4.69) is 0 Å². The number of nitrogens with zero attached hydrogens (tertiary/aromatic N) is 2. The van der Waals surface area contributed by atoms with Gasteiger partial charge in [-0.3, -0.25) is 4.79 Å². The zero-order valence-electron chi connectivity index (χ0n) is 13.0. The number of carbonyl (C=O) groups is 1. The number of benzene rings is 1. The summed E-state index contributed by atoms with van der Waals surface area (Å²) in [5.41, 5.74) is 0. The van der Waals surface area contributed by atoms with E-state index in [1.165, 1.54) is 30.7 Å². The third-order valence-electron chi connectivity index (χ3n) is 3.70. The summed E-state index contributed by atoms with van der Waals surface area (Å²) in [5.74, 6) is 0.533. The van der Waals surface area contributed by atoms with Gasteiger partial charge in [0.2, 0.25) is 15.9 Å². The van der Waals surface area contributed by atoms with Gasteiger partial charge in [0.15, 0.2) is 11.5 Å². The van der Waals surface area contributed by atoms with E-state index in [9.17, 15) is 13.2 Å². The number of hydrogen-bond donors (Lipinski definition) is 0. The Morgan fingerprint density at radius 2 is 1.74 bits per heavy atom. The van der Waals surface area contributed by atoms with Crippen molar-refractivity contribution < 1.29 is 22.7 Å². The highest BCUT2D eigenvalue weighted by molar-refractivity contribution is 7.89. The van der Waals surface area contributed by atoms with Crippen LogP contribution in [0.1, 0.15) is 0 Å². The molecule has 2 rings (SSSR count). The van der Waals surface area contributed by atoms with Crippen LogP contribution in [0.4, 0.5) is 0 Å². The molecule has 0 unspecified atom stereocenters. The number of alkyl halides is 1. The van der Waals surface area contributed by atoms with Crippen LogP contribution in [0.25, 0.3) is 0 Å². The largest absolute Gasteiger partial charge is 0.493 e. The number of halogens is 1. The maximum absolute atomic E-state index is 12.7. The second-order valence-corrected chi connectivity index (χ2v) is 7.14. The summed E-state index contributed by atoms with van der Waals surface area (Å²) >= 11 is 5.52. The van der Waals surface area contributed by atoms with E-state index in [0.717, 1.165) is 0 Å². The molecule has 9 heteroatoms. The lowest BCUT2D eigenvalue weighted by Gasteiger charge is -2.33. The quantitative estimate of drug-likeness (QED) is 0.723. The Labute approximate surface area is 140 Å². The molecule has 0 saturated carbocycles. The van der Waals surface area contributed by atoms with Crippen molar-refractivity contribution in [3.05, 3.63) is 18.2 Å². The van der Waals surface area contributed by atoms with E-state index in [1.54, 1.807) is 11.0 Å². The van der Waals surface area contributed by atoms with Gasteiger partial charge in [0, 0.05) is 32.2 Å². The molecule has 1 aliphatic heterocycles. The number of carbonyl (C=O) groups excluding carboxylic acids is 1. The van der Waals surface area contributed by atoms with Crippen molar-refractivity contribution in [3.8, 4) is 11.5 Å². The maximum Gasteiger partial charge on any atom is 0.243 e. The summed E-state index contributed by atoms with van der Waals surface area (Å²) < 4.78 is 37.0. The van der Waals surface area contributed by atoms with Gasteiger partial charge in [-0.15, -0.1) is 11.6 Å². The van der Waals surface area contributed by atoms with Crippen LogP contribution < -0.4 is 9.47 Å². The third-order valence-corrected chi connectivity index (χ3v) is 5.82. The zero-order valence-corrected chi connectivity index (χ0v) is 14.6. The molecule has 0 aromatic heterocycles. The fourth-order valence-electron chi connectivity index (χ4n) is 2.39. The molecular weight excluding hydrogens is 344 g/mol. The number of methoxy groups -OCH3 is 2. The maximum atomic E-state index is 12.7. The first-order valence-electron chi connectivity index (χ1n) is 7.00. The summed E-state index contributed by atoms with van der Waals surface area (Å²) in [6.07, 6.45) is 0. The van der Waals surface area contributed by atoms with Crippen molar-refractivity contribution >= 4 is 27.5 Å². The number of sulfonamides is 1. The molecule has 23 heavy (non-hydrogen) atoms. The van der Waals surface area contributed by atoms with Crippen molar-refractivity contribution in [1.82, 2.24) is 9.21 Å². The van der Waals surface area contributed by atoms with Gasteiger partial charge >= 0.3 is 0 Å². The standard InChI is InChI=1S/C14H19ClN2O5S/c1-21-12-4-3-11(9-13(12)22-2)23(19,20)17-7-5-16(6-8-17)14(18)10-15/h3-4,9H,5-8,10H2,1-2H3. The van der Waals surface area contributed by atoms with Crippen molar-refractivity contribution in [3.63, 3.8) is 0 Å². The second-order valence-electron chi connectivity index (χ2n) is 4.94. The molecule has 1 saturated heterocycles. The average Bonchev–Trinajstić information content (AvgIpc) is 2.60. The summed E-state index contributed by atoms with van der Waals surface area (Å²) in [4.78, 5) is 13.2. The average molecular weight is 363 g/mol. The molecule has 1 heterocycles. The Kier molecular flexibility index (Phi) is 5.72. The van der Waals surface area contributed by atoms with E-state index in [4.69, 9.17) is 21.1 Å². The molecule has 1 amide bonds. The molecule has 128 valence electrons. The number of piperazine rings is 1. The molecule has 0 bridgehead atoms. The van der Waals surface area contributed by atoms with Crippen molar-refractivity contribution in [2.45, 2.75) is 4.90 Å². The molecule has 1 aliphatic rings. The van der Waals surface area contributed by atoms with Crippen LogP contribution in [0.2, 0.25) is 0 Å². The molecule has 1 aromatic rings. The minimum Gasteiger partial charge on any atom is -0.493 e. The lowest BCUT2D eigenvalue weighted by Crippen LogP contribution is -2.50. The number of hydrogen-bond acceptors (Lipinski definition) is 5. The fraction of sp³-hybridized carbons (Fsp3) is 0.500. The highest BCUT2D eigenvalue weighted by Crippen LogP contribution is 2.30. The second kappa shape index (κ2) is 7.37. The predicted octanol–water partition coefficient (Wildman–Crippen LogP) is 0.775. The van der Waals surface area contributed by atoms with Gasteiger partial charge in [-0.1, -0.05) is 0 Å². The normalized spacial score (nSPS) is 16.2. The third kappa shape index (κ3) is 3.70. The van der Waals surface area contributed by atoms with Crippen LogP contribution in [-0.4, -0.2) is 69.8 Å². The number of ether oxygens (including phenoxy) is 2. The highest BCUT2D eigenvalue weighted by atomic mass is 35.5. The number of amides is 1. The van der Waals surface area contributed by atoms with Crippen LogP contribution in [0, 0.1) is 0 Å². The molecule has 1 fully saturated rings. The lowest BCUT2D eigenvalue weighted by molar-refractivity contribution is -0.129. The first-order valence-corrected chi connectivity index (χ1v) is 8.97. The van der Waals surface area contributed by atoms with Gasteiger partial charge in [0.05, 0.1) is 19.1 Å². The highest BCUT2D eigenvalue weighted by Gasteiger charge is 2.30. The Morgan fingerprint density at radius 1 is 1.13 bits per heavy atom. The summed E-state index contributed by atoms with van der Waals surface area (Å²) in [5, 5.41) is 0. The van der Waals surface area contributed by atoms with Gasteiger partial charge in [-0.05, 0) is 12.1 Å². The Hall–Kier alpha value is -1.51. The van der Waals surface area contributed by atoms with Crippen LogP contribution in [0.5, 0.6) is 11.5 Å². The molecule has 7 nitrogen and oxygen atoms in total. The van der Waals surface area contributed by atoms with Gasteiger partial charge in [0.1, 0.15) is 5.88 Å². The van der Waals surface area contributed by atoms with Gasteiger partial charge in [-0.2, -0.15) is 4.31 Å². The van der Waals surface area contributed by atoms with E-state index in [1.807, 2.05) is 0 Å². The number of rotatable bonds is 5. The van der Waals surface area contributed by atoms with Crippen LogP contribution >= 0.6 is 11.6 Å². The van der Waals surface area contributed by atoms with Gasteiger partial charge in [0.25, 0.3) is 0 Å². The molecule has 1 aromatic carbocycles. The van der Waals surface area contributed by atoms with E-state index < -0.39 is 10.0 Å². The Morgan fingerprint density at radius 3 is 2.26 bits per heavy atom. The minimum atomic E-state index is -3.65. The van der Waals surface area contributed by atoms with E-state index in [-0.39, 0.29) is 29.8 Å². The summed E-state index contributed by atoms with van der Waals surface area (Å²) in [7, 11) is -0.714. The topological polar surface area (TPSA) is 76.2 Å². The van der Waals surface area contributed by atoms with Crippen LogP contribution in [-0.2, 0) is 14.8 Å². The SMILES string of the molecule is COc1ccc(S(=O)(=O)N2CCN(C(=O)CCl)CC2)cc1OC. The van der Waals surface area contributed by atoms with Gasteiger partial charge in [-0.25, -0.2) is 8.42 Å². The predicted molar refractivity (Wildman–Crippen MR) is 85.6 cm³/mol. The minimum absolute atomic E-state index is 0.0948. The first-order chi connectivity index (χ1) is 10.9. The molecule has 0 atom stereocenters.